The molecule has 0 unspecified atom stereocenters. The van der Waals surface area contributed by atoms with E-state index in [1.807, 2.05) is 13.0 Å². The lowest BCUT2D eigenvalue weighted by molar-refractivity contribution is 0.120. The SMILES string of the molecule is C[C@@H]1C=CC=C(O)[C@@H]1O. The molecule has 1 aliphatic rings. The maximum atomic E-state index is 9.08. The van der Waals surface area contributed by atoms with Crippen LogP contribution in [0.5, 0.6) is 0 Å². The summed E-state index contributed by atoms with van der Waals surface area (Å²) in [6, 6.07) is 0. The molecule has 0 radical (unpaired) electrons. The molecule has 2 atom stereocenters. The van der Waals surface area contributed by atoms with Gasteiger partial charge in [0.25, 0.3) is 0 Å². The minimum atomic E-state index is -0.699. The minimum Gasteiger partial charge on any atom is -0.510 e. The maximum absolute atomic E-state index is 9.08. The molecule has 0 bridgehead atoms. The van der Waals surface area contributed by atoms with Crippen molar-refractivity contribution in [3.63, 3.8) is 0 Å². The highest BCUT2D eigenvalue weighted by Crippen LogP contribution is 2.15. The molecule has 0 aromatic rings. The van der Waals surface area contributed by atoms with E-state index in [-0.39, 0.29) is 11.7 Å². The third-order valence-corrected chi connectivity index (χ3v) is 1.48. The first-order valence-electron chi connectivity index (χ1n) is 2.97. The van der Waals surface area contributed by atoms with Crippen molar-refractivity contribution in [3.05, 3.63) is 24.0 Å². The van der Waals surface area contributed by atoms with E-state index in [0.717, 1.165) is 0 Å². The molecule has 0 aliphatic heterocycles. The van der Waals surface area contributed by atoms with E-state index >= 15 is 0 Å². The Morgan fingerprint density at radius 3 is 2.67 bits per heavy atom. The largest absolute Gasteiger partial charge is 0.510 e. The molecule has 2 N–H and O–H groups in total. The first-order chi connectivity index (χ1) is 4.22. The predicted molar refractivity (Wildman–Crippen MR) is 35.0 cm³/mol. The fourth-order valence-corrected chi connectivity index (χ4v) is 0.803. The van der Waals surface area contributed by atoms with Gasteiger partial charge in [-0.1, -0.05) is 19.1 Å². The van der Waals surface area contributed by atoms with Gasteiger partial charge in [0.05, 0.1) is 0 Å². The van der Waals surface area contributed by atoms with Crippen LogP contribution in [0.25, 0.3) is 0 Å². The van der Waals surface area contributed by atoms with Gasteiger partial charge in [-0.05, 0) is 6.08 Å². The molecule has 0 aromatic carbocycles. The number of aliphatic hydroxyl groups is 2. The molecule has 0 spiro atoms. The van der Waals surface area contributed by atoms with Crippen LogP contribution in [0.1, 0.15) is 6.92 Å². The van der Waals surface area contributed by atoms with Crippen molar-refractivity contribution in [3.8, 4) is 0 Å². The quantitative estimate of drug-likeness (QED) is 0.508. The highest BCUT2D eigenvalue weighted by molar-refractivity contribution is 5.18. The first-order valence-corrected chi connectivity index (χ1v) is 2.97. The van der Waals surface area contributed by atoms with Crippen molar-refractivity contribution >= 4 is 0 Å². The highest BCUT2D eigenvalue weighted by Gasteiger charge is 2.17. The van der Waals surface area contributed by atoms with E-state index in [2.05, 4.69) is 0 Å². The van der Waals surface area contributed by atoms with Gasteiger partial charge in [0.15, 0.2) is 0 Å². The van der Waals surface area contributed by atoms with Crippen LogP contribution in [-0.2, 0) is 0 Å². The number of hydrogen-bond acceptors (Lipinski definition) is 2. The van der Waals surface area contributed by atoms with Crippen LogP contribution in [0.2, 0.25) is 0 Å². The molecule has 1 aliphatic carbocycles. The van der Waals surface area contributed by atoms with E-state index in [9.17, 15) is 0 Å². The Balaban J connectivity index is 2.73. The third kappa shape index (κ3) is 1.13. The van der Waals surface area contributed by atoms with Gasteiger partial charge >= 0.3 is 0 Å². The minimum absolute atomic E-state index is 0.0370. The summed E-state index contributed by atoms with van der Waals surface area (Å²) in [4.78, 5) is 0. The normalized spacial score (nSPS) is 34.2. The second-order valence-corrected chi connectivity index (χ2v) is 2.28. The zero-order valence-corrected chi connectivity index (χ0v) is 5.28. The van der Waals surface area contributed by atoms with Gasteiger partial charge in [-0.3, -0.25) is 0 Å². The lowest BCUT2D eigenvalue weighted by Crippen LogP contribution is -2.20. The third-order valence-electron chi connectivity index (χ3n) is 1.48. The zero-order chi connectivity index (χ0) is 6.85. The lowest BCUT2D eigenvalue weighted by Gasteiger charge is -2.16. The van der Waals surface area contributed by atoms with Crippen molar-refractivity contribution in [1.29, 1.82) is 0 Å². The monoisotopic (exact) mass is 126 g/mol. The van der Waals surface area contributed by atoms with Gasteiger partial charge in [-0.25, -0.2) is 0 Å². The Morgan fingerprint density at radius 2 is 2.22 bits per heavy atom. The Hall–Kier alpha value is -0.760. The van der Waals surface area contributed by atoms with Crippen molar-refractivity contribution in [1.82, 2.24) is 0 Å². The topological polar surface area (TPSA) is 40.5 Å². The lowest BCUT2D eigenvalue weighted by atomic mass is 9.99. The van der Waals surface area contributed by atoms with Gasteiger partial charge in [0.2, 0.25) is 0 Å². The summed E-state index contributed by atoms with van der Waals surface area (Å²) in [5, 5.41) is 18.0. The van der Waals surface area contributed by atoms with Gasteiger partial charge < -0.3 is 10.2 Å². The second kappa shape index (κ2) is 2.23. The molecule has 50 valence electrons. The van der Waals surface area contributed by atoms with Crippen molar-refractivity contribution in [2.75, 3.05) is 0 Å². The Labute approximate surface area is 54.1 Å². The van der Waals surface area contributed by atoms with Crippen LogP contribution >= 0.6 is 0 Å². The molecule has 0 saturated carbocycles. The van der Waals surface area contributed by atoms with Gasteiger partial charge in [-0.15, -0.1) is 0 Å². The van der Waals surface area contributed by atoms with Gasteiger partial charge in [0.1, 0.15) is 11.9 Å². The van der Waals surface area contributed by atoms with Crippen molar-refractivity contribution < 1.29 is 10.2 Å². The molecular weight excluding hydrogens is 116 g/mol. The summed E-state index contributed by atoms with van der Waals surface area (Å²) >= 11 is 0. The number of hydrogen-bond donors (Lipinski definition) is 2. The molecule has 0 saturated heterocycles. The summed E-state index contributed by atoms with van der Waals surface area (Å²) in [6.45, 7) is 1.85. The van der Waals surface area contributed by atoms with Crippen LogP contribution in [0.3, 0.4) is 0 Å². The molecule has 2 nitrogen and oxygen atoms in total. The number of aliphatic hydroxyl groups excluding tert-OH is 2. The zero-order valence-electron chi connectivity index (χ0n) is 5.28. The molecular formula is C7H10O2. The molecule has 2 heteroatoms. The van der Waals surface area contributed by atoms with E-state index in [1.165, 1.54) is 6.08 Å². The summed E-state index contributed by atoms with van der Waals surface area (Å²) < 4.78 is 0. The molecule has 9 heavy (non-hydrogen) atoms. The van der Waals surface area contributed by atoms with E-state index in [1.54, 1.807) is 6.08 Å². The predicted octanol–water partition coefficient (Wildman–Crippen LogP) is 0.995. The van der Waals surface area contributed by atoms with Crippen LogP contribution in [-0.4, -0.2) is 16.3 Å². The molecule has 1 rings (SSSR count). The molecule has 0 amide bonds. The van der Waals surface area contributed by atoms with Gasteiger partial charge in [-0.2, -0.15) is 0 Å². The van der Waals surface area contributed by atoms with Gasteiger partial charge in [0, 0.05) is 5.92 Å². The highest BCUT2D eigenvalue weighted by atomic mass is 16.3. The molecule has 0 fully saturated rings. The van der Waals surface area contributed by atoms with E-state index < -0.39 is 6.10 Å². The van der Waals surface area contributed by atoms with Crippen molar-refractivity contribution in [2.45, 2.75) is 13.0 Å². The molecule has 0 heterocycles. The summed E-state index contributed by atoms with van der Waals surface area (Å²) in [5.41, 5.74) is 0. The fraction of sp³-hybridized carbons (Fsp3) is 0.429. The van der Waals surface area contributed by atoms with Crippen molar-refractivity contribution in [2.24, 2.45) is 5.92 Å². The maximum Gasteiger partial charge on any atom is 0.121 e. The van der Waals surface area contributed by atoms with E-state index in [4.69, 9.17) is 10.2 Å². The standard InChI is InChI=1S/C7H10O2/c1-5-3-2-4-6(8)7(5)9/h2-5,7-9H,1H3/t5-,7-/m1/s1. The number of allylic oxidation sites excluding steroid dienone is 2. The van der Waals surface area contributed by atoms with Crippen LogP contribution in [0.15, 0.2) is 24.0 Å². The first kappa shape index (κ1) is 6.36. The smallest absolute Gasteiger partial charge is 0.121 e. The Bertz CT molecular complexity index is 158. The summed E-state index contributed by atoms with van der Waals surface area (Å²) in [7, 11) is 0. The Kier molecular flexibility index (Phi) is 1.58. The fourth-order valence-electron chi connectivity index (χ4n) is 0.803. The van der Waals surface area contributed by atoms with Crippen LogP contribution in [0, 0.1) is 5.92 Å². The second-order valence-electron chi connectivity index (χ2n) is 2.28. The average Bonchev–Trinajstić information content (AvgIpc) is 1.83. The van der Waals surface area contributed by atoms with Crippen LogP contribution < -0.4 is 0 Å². The van der Waals surface area contributed by atoms with Crippen LogP contribution in [0.4, 0.5) is 0 Å². The number of rotatable bonds is 0. The summed E-state index contributed by atoms with van der Waals surface area (Å²) in [5.74, 6) is 0.0972. The average molecular weight is 126 g/mol. The summed E-state index contributed by atoms with van der Waals surface area (Å²) in [6.07, 6.45) is 4.40. The van der Waals surface area contributed by atoms with E-state index in [0.29, 0.717) is 0 Å². The Morgan fingerprint density at radius 1 is 1.56 bits per heavy atom. The molecule has 0 aromatic heterocycles.